The molecule has 1 aliphatic heterocycles. The quantitative estimate of drug-likeness (QED) is 0.910. The fraction of sp³-hybridized carbons (Fsp3) is 0.286. The van der Waals surface area contributed by atoms with Gasteiger partial charge in [0.1, 0.15) is 6.10 Å². The van der Waals surface area contributed by atoms with Crippen LogP contribution in [-0.2, 0) is 11.2 Å². The average molecular weight is 258 g/mol. The molecule has 1 atom stereocenters. The number of aromatic nitrogens is 1. The first-order valence-corrected chi connectivity index (χ1v) is 6.20. The molecular formula is C14H14N2O3. The number of amides is 1. The summed E-state index contributed by atoms with van der Waals surface area (Å²) >= 11 is 0. The number of hydrogen-bond acceptors (Lipinski definition) is 4. The van der Waals surface area contributed by atoms with Gasteiger partial charge in [-0.25, -0.2) is 4.98 Å². The molecule has 98 valence electrons. The third kappa shape index (κ3) is 2.51. The summed E-state index contributed by atoms with van der Waals surface area (Å²) in [6.07, 6.45) is 3.45. The van der Waals surface area contributed by atoms with E-state index in [9.17, 15) is 4.79 Å². The number of carbonyl (C=O) groups excluding carboxylic acids is 1. The fourth-order valence-corrected chi connectivity index (χ4v) is 2.25. The molecule has 0 fully saturated rings. The molecule has 3 rings (SSSR count). The normalized spacial score (nSPS) is 17.8. The van der Waals surface area contributed by atoms with E-state index in [2.05, 4.69) is 16.4 Å². The van der Waals surface area contributed by atoms with E-state index in [1.54, 1.807) is 0 Å². The highest BCUT2D eigenvalue weighted by Gasteiger charge is 2.21. The fourth-order valence-electron chi connectivity index (χ4n) is 2.25. The highest BCUT2D eigenvalue weighted by molar-refractivity contribution is 5.91. The Bertz CT molecular complexity index is 566. The number of ether oxygens (including phenoxy) is 1. The van der Waals surface area contributed by atoms with Crippen molar-refractivity contribution in [3.63, 3.8) is 0 Å². The Morgan fingerprint density at radius 1 is 1.42 bits per heavy atom. The molecule has 1 aromatic carbocycles. The standard InChI is InChI=1S/C14H14N2O3/c17-14(13-7-15-9-19-13)16-8-12-11-4-2-1-3-10(11)5-6-18-12/h1-4,7,9,12H,5-6,8H2,(H,16,17). The third-order valence-electron chi connectivity index (χ3n) is 3.20. The Labute approximate surface area is 110 Å². The topological polar surface area (TPSA) is 64.4 Å². The molecule has 0 bridgehead atoms. The van der Waals surface area contributed by atoms with Crippen LogP contribution in [0.2, 0.25) is 0 Å². The van der Waals surface area contributed by atoms with Crippen LogP contribution in [0.15, 0.2) is 41.3 Å². The van der Waals surface area contributed by atoms with E-state index in [-0.39, 0.29) is 17.8 Å². The number of nitrogens with one attached hydrogen (secondary N) is 1. The number of oxazole rings is 1. The molecule has 5 heteroatoms. The summed E-state index contributed by atoms with van der Waals surface area (Å²) in [7, 11) is 0. The van der Waals surface area contributed by atoms with Gasteiger partial charge in [0.05, 0.1) is 12.8 Å². The van der Waals surface area contributed by atoms with Gasteiger partial charge in [-0.3, -0.25) is 4.79 Å². The van der Waals surface area contributed by atoms with Crippen molar-refractivity contribution in [3.05, 3.63) is 53.7 Å². The zero-order valence-electron chi connectivity index (χ0n) is 10.3. The second-order valence-electron chi connectivity index (χ2n) is 4.38. The second-order valence-corrected chi connectivity index (χ2v) is 4.38. The van der Waals surface area contributed by atoms with E-state index < -0.39 is 0 Å². The lowest BCUT2D eigenvalue weighted by atomic mass is 9.97. The van der Waals surface area contributed by atoms with Crippen molar-refractivity contribution in [1.29, 1.82) is 0 Å². The van der Waals surface area contributed by atoms with Gasteiger partial charge in [-0.1, -0.05) is 24.3 Å². The first-order valence-electron chi connectivity index (χ1n) is 6.20. The van der Waals surface area contributed by atoms with Crippen LogP contribution in [0.1, 0.15) is 27.8 Å². The van der Waals surface area contributed by atoms with Crippen molar-refractivity contribution in [3.8, 4) is 0 Å². The summed E-state index contributed by atoms with van der Waals surface area (Å²) in [6, 6.07) is 8.15. The third-order valence-corrected chi connectivity index (χ3v) is 3.20. The monoisotopic (exact) mass is 258 g/mol. The Morgan fingerprint density at radius 2 is 2.32 bits per heavy atom. The molecule has 1 aromatic heterocycles. The van der Waals surface area contributed by atoms with E-state index in [0.29, 0.717) is 13.2 Å². The zero-order chi connectivity index (χ0) is 13.1. The maximum absolute atomic E-state index is 11.8. The number of nitrogens with zero attached hydrogens (tertiary/aromatic N) is 1. The van der Waals surface area contributed by atoms with Gasteiger partial charge in [-0.05, 0) is 17.5 Å². The lowest BCUT2D eigenvalue weighted by Gasteiger charge is -2.26. The van der Waals surface area contributed by atoms with Crippen LogP contribution < -0.4 is 5.32 Å². The van der Waals surface area contributed by atoms with Gasteiger partial charge in [0.25, 0.3) is 5.91 Å². The van der Waals surface area contributed by atoms with Gasteiger partial charge in [-0.15, -0.1) is 0 Å². The van der Waals surface area contributed by atoms with E-state index in [4.69, 9.17) is 9.15 Å². The van der Waals surface area contributed by atoms with Gasteiger partial charge in [0.2, 0.25) is 5.76 Å². The highest BCUT2D eigenvalue weighted by Crippen LogP contribution is 2.26. The predicted molar refractivity (Wildman–Crippen MR) is 67.7 cm³/mol. The molecule has 1 unspecified atom stereocenters. The van der Waals surface area contributed by atoms with Crippen LogP contribution in [0.4, 0.5) is 0 Å². The summed E-state index contributed by atoms with van der Waals surface area (Å²) in [4.78, 5) is 15.5. The lowest BCUT2D eigenvalue weighted by molar-refractivity contribution is 0.0408. The SMILES string of the molecule is O=C(NCC1OCCc2ccccc21)c1cnco1. The van der Waals surface area contributed by atoms with E-state index >= 15 is 0 Å². The van der Waals surface area contributed by atoms with Crippen LogP contribution in [0.3, 0.4) is 0 Å². The van der Waals surface area contributed by atoms with Crippen LogP contribution >= 0.6 is 0 Å². The molecule has 5 nitrogen and oxygen atoms in total. The molecule has 0 saturated carbocycles. The van der Waals surface area contributed by atoms with Crippen molar-refractivity contribution in [2.75, 3.05) is 13.2 Å². The number of carbonyl (C=O) groups is 1. The Hall–Kier alpha value is -2.14. The van der Waals surface area contributed by atoms with Crippen LogP contribution in [0.5, 0.6) is 0 Å². The minimum absolute atomic E-state index is 0.100. The first kappa shape index (κ1) is 11.9. The van der Waals surface area contributed by atoms with Crippen molar-refractivity contribution >= 4 is 5.91 Å². The summed E-state index contributed by atoms with van der Waals surface area (Å²) in [5.41, 5.74) is 2.43. The molecule has 0 radical (unpaired) electrons. The molecule has 2 heterocycles. The van der Waals surface area contributed by atoms with Crippen molar-refractivity contribution in [1.82, 2.24) is 10.3 Å². The Kier molecular flexibility index (Phi) is 3.29. The van der Waals surface area contributed by atoms with Gasteiger partial charge >= 0.3 is 0 Å². The van der Waals surface area contributed by atoms with Crippen LogP contribution in [0.25, 0.3) is 0 Å². The molecule has 1 amide bonds. The molecular weight excluding hydrogens is 244 g/mol. The number of rotatable bonds is 3. The van der Waals surface area contributed by atoms with Crippen LogP contribution in [0, 0.1) is 0 Å². The zero-order valence-corrected chi connectivity index (χ0v) is 10.3. The summed E-state index contributed by atoms with van der Waals surface area (Å²) < 4.78 is 10.7. The second kappa shape index (κ2) is 5.24. The minimum atomic E-state index is -0.274. The largest absolute Gasteiger partial charge is 0.438 e. The maximum Gasteiger partial charge on any atom is 0.288 e. The molecule has 0 aliphatic carbocycles. The molecule has 2 aromatic rings. The maximum atomic E-state index is 11.8. The lowest BCUT2D eigenvalue weighted by Crippen LogP contribution is -2.31. The predicted octanol–water partition coefficient (Wildman–Crippen LogP) is 1.72. The van der Waals surface area contributed by atoms with Gasteiger partial charge < -0.3 is 14.5 Å². The van der Waals surface area contributed by atoms with E-state index in [0.717, 1.165) is 12.0 Å². The Morgan fingerprint density at radius 3 is 3.16 bits per heavy atom. The molecule has 19 heavy (non-hydrogen) atoms. The van der Waals surface area contributed by atoms with Gasteiger partial charge in [-0.2, -0.15) is 0 Å². The van der Waals surface area contributed by atoms with Crippen LogP contribution in [-0.4, -0.2) is 24.0 Å². The molecule has 1 aliphatic rings. The Balaban J connectivity index is 1.67. The number of benzene rings is 1. The first-order chi connectivity index (χ1) is 9.34. The summed E-state index contributed by atoms with van der Waals surface area (Å²) in [5, 5.41) is 2.80. The van der Waals surface area contributed by atoms with Gasteiger partial charge in [0, 0.05) is 6.54 Å². The average Bonchev–Trinajstić information content (AvgIpc) is 2.99. The molecule has 1 N–H and O–H groups in total. The van der Waals surface area contributed by atoms with Gasteiger partial charge in [0.15, 0.2) is 6.39 Å². The van der Waals surface area contributed by atoms with Crippen molar-refractivity contribution in [2.45, 2.75) is 12.5 Å². The van der Waals surface area contributed by atoms with E-state index in [1.807, 2.05) is 18.2 Å². The number of hydrogen-bond donors (Lipinski definition) is 1. The highest BCUT2D eigenvalue weighted by atomic mass is 16.5. The number of fused-ring (bicyclic) bond motifs is 1. The van der Waals surface area contributed by atoms with Crippen molar-refractivity contribution in [2.24, 2.45) is 0 Å². The summed E-state index contributed by atoms with van der Waals surface area (Å²) in [6.45, 7) is 1.11. The minimum Gasteiger partial charge on any atom is -0.438 e. The van der Waals surface area contributed by atoms with E-state index in [1.165, 1.54) is 18.2 Å². The molecule has 0 spiro atoms. The van der Waals surface area contributed by atoms with Crippen molar-refractivity contribution < 1.29 is 13.9 Å². The summed E-state index contributed by atoms with van der Waals surface area (Å²) in [5.74, 6) is -0.0618. The molecule has 0 saturated heterocycles. The smallest absolute Gasteiger partial charge is 0.288 e.